The van der Waals surface area contributed by atoms with Crippen molar-refractivity contribution in [2.24, 2.45) is 0 Å². The fourth-order valence-electron chi connectivity index (χ4n) is 1.92. The number of benzene rings is 2. The molecule has 0 aliphatic carbocycles. The molecule has 3 rings (SSSR count). The highest BCUT2D eigenvalue weighted by atomic mass is 35.5. The Kier molecular flexibility index (Phi) is 4.77. The maximum atomic E-state index is 10.6. The lowest BCUT2D eigenvalue weighted by Crippen LogP contribution is -3.00. The molecule has 1 aromatic heterocycles. The number of aromatic nitrogens is 1. The summed E-state index contributed by atoms with van der Waals surface area (Å²) in [5.41, 5.74) is 1.05. The smallest absolute Gasteiger partial charge is 0.269 e. The van der Waals surface area contributed by atoms with Gasteiger partial charge in [-0.1, -0.05) is 30.0 Å². The fraction of sp³-hybridized carbons (Fsp3) is 0. The minimum Gasteiger partial charge on any atom is -1.00 e. The first-order valence-corrected chi connectivity index (χ1v) is 6.82. The van der Waals surface area contributed by atoms with Gasteiger partial charge in [0.1, 0.15) is 0 Å². The molecular formula is C15H10ClN2O2S-. The van der Waals surface area contributed by atoms with Crippen LogP contribution < -0.4 is 12.4 Å². The van der Waals surface area contributed by atoms with E-state index < -0.39 is 4.92 Å². The van der Waals surface area contributed by atoms with Crippen LogP contribution in [0.5, 0.6) is 0 Å². The average molecular weight is 318 g/mol. The maximum Gasteiger partial charge on any atom is 0.269 e. The first-order chi connectivity index (χ1) is 9.74. The van der Waals surface area contributed by atoms with Gasteiger partial charge in [-0.25, -0.2) is 0 Å². The lowest BCUT2D eigenvalue weighted by Gasteiger charge is -2.05. The quantitative estimate of drug-likeness (QED) is 0.540. The summed E-state index contributed by atoms with van der Waals surface area (Å²) in [6, 6.07) is 16.5. The van der Waals surface area contributed by atoms with Crippen LogP contribution in [0.4, 0.5) is 5.69 Å². The van der Waals surface area contributed by atoms with E-state index in [9.17, 15) is 10.1 Å². The Labute approximate surface area is 131 Å². The molecule has 21 heavy (non-hydrogen) atoms. The van der Waals surface area contributed by atoms with E-state index in [1.54, 1.807) is 30.1 Å². The molecule has 2 aromatic carbocycles. The molecule has 0 radical (unpaired) electrons. The molecule has 0 spiro atoms. The predicted octanol–water partition coefficient (Wildman–Crippen LogP) is 1.30. The van der Waals surface area contributed by atoms with Gasteiger partial charge in [-0.05, 0) is 24.3 Å². The van der Waals surface area contributed by atoms with Crippen LogP contribution in [0.3, 0.4) is 0 Å². The monoisotopic (exact) mass is 317 g/mol. The Morgan fingerprint density at radius 1 is 1.00 bits per heavy atom. The largest absolute Gasteiger partial charge is 1.00 e. The average Bonchev–Trinajstić information content (AvgIpc) is 2.48. The molecule has 0 saturated heterocycles. The number of nitro groups is 1. The maximum absolute atomic E-state index is 10.6. The Hall–Kier alpha value is -2.11. The minimum atomic E-state index is -0.395. The van der Waals surface area contributed by atoms with Crippen LogP contribution in [0.15, 0.2) is 70.6 Å². The molecule has 0 fully saturated rings. The lowest BCUT2D eigenvalue weighted by atomic mass is 10.2. The number of pyridine rings is 1. The standard InChI is InChI=1S/C15H10N2O2S.ClH/c18-17(19)12-6-8-13(9-7-12)20-14-5-1-3-11-4-2-10-16-15(11)14;/h1-10H;1H/p-1. The molecule has 4 nitrogen and oxygen atoms in total. The number of fused-ring (bicyclic) bond motifs is 1. The fourth-order valence-corrected chi connectivity index (χ4v) is 2.86. The Balaban J connectivity index is 0.00000161. The van der Waals surface area contributed by atoms with Crippen LogP contribution in [-0.2, 0) is 0 Å². The van der Waals surface area contributed by atoms with Crippen molar-refractivity contribution in [3.8, 4) is 0 Å². The Morgan fingerprint density at radius 3 is 2.43 bits per heavy atom. The molecule has 1 heterocycles. The van der Waals surface area contributed by atoms with Crippen LogP contribution >= 0.6 is 11.8 Å². The summed E-state index contributed by atoms with van der Waals surface area (Å²) in [7, 11) is 0. The molecular weight excluding hydrogens is 308 g/mol. The lowest BCUT2D eigenvalue weighted by molar-refractivity contribution is -0.384. The highest BCUT2D eigenvalue weighted by molar-refractivity contribution is 7.99. The van der Waals surface area contributed by atoms with Gasteiger partial charge in [-0.3, -0.25) is 15.1 Å². The molecule has 0 aliphatic rings. The third-order valence-corrected chi connectivity index (χ3v) is 3.93. The molecule has 0 bridgehead atoms. The van der Waals surface area contributed by atoms with Crippen molar-refractivity contribution in [3.05, 3.63) is 70.9 Å². The Bertz CT molecular complexity index is 773. The van der Waals surface area contributed by atoms with Gasteiger partial charge in [0.05, 0.1) is 10.4 Å². The second-order valence-electron chi connectivity index (χ2n) is 4.18. The third kappa shape index (κ3) is 3.32. The summed E-state index contributed by atoms with van der Waals surface area (Å²) in [5, 5.41) is 11.7. The number of halogens is 1. The van der Waals surface area contributed by atoms with E-state index in [4.69, 9.17) is 0 Å². The summed E-state index contributed by atoms with van der Waals surface area (Å²) in [6.45, 7) is 0. The zero-order chi connectivity index (χ0) is 13.9. The van der Waals surface area contributed by atoms with E-state index in [1.165, 1.54) is 12.1 Å². The number of nitrogens with zero attached hydrogens (tertiary/aromatic N) is 2. The van der Waals surface area contributed by atoms with Gasteiger partial charge in [-0.2, -0.15) is 0 Å². The van der Waals surface area contributed by atoms with Gasteiger partial charge in [0.15, 0.2) is 0 Å². The number of para-hydroxylation sites is 1. The second-order valence-corrected chi connectivity index (χ2v) is 5.30. The summed E-state index contributed by atoms with van der Waals surface area (Å²) in [4.78, 5) is 16.6. The van der Waals surface area contributed by atoms with Crippen LogP contribution in [0.25, 0.3) is 10.9 Å². The number of rotatable bonds is 3. The van der Waals surface area contributed by atoms with Crippen LogP contribution in [0.2, 0.25) is 0 Å². The molecule has 0 N–H and O–H groups in total. The first kappa shape index (κ1) is 15.3. The third-order valence-electron chi connectivity index (χ3n) is 2.87. The van der Waals surface area contributed by atoms with Crippen molar-refractivity contribution in [1.82, 2.24) is 4.98 Å². The van der Waals surface area contributed by atoms with E-state index in [2.05, 4.69) is 4.98 Å². The van der Waals surface area contributed by atoms with E-state index >= 15 is 0 Å². The van der Waals surface area contributed by atoms with E-state index in [1.807, 2.05) is 30.3 Å². The molecule has 0 aliphatic heterocycles. The van der Waals surface area contributed by atoms with Gasteiger partial charge >= 0.3 is 0 Å². The van der Waals surface area contributed by atoms with Crippen molar-refractivity contribution in [3.63, 3.8) is 0 Å². The molecule has 0 amide bonds. The van der Waals surface area contributed by atoms with E-state index in [0.717, 1.165) is 20.7 Å². The topological polar surface area (TPSA) is 56.0 Å². The second kappa shape index (κ2) is 6.56. The van der Waals surface area contributed by atoms with Crippen molar-refractivity contribution in [2.45, 2.75) is 9.79 Å². The zero-order valence-corrected chi connectivity index (χ0v) is 12.3. The van der Waals surface area contributed by atoms with Gasteiger partial charge < -0.3 is 12.4 Å². The number of hydrogen-bond acceptors (Lipinski definition) is 4. The summed E-state index contributed by atoms with van der Waals surface area (Å²) in [5.74, 6) is 0. The summed E-state index contributed by atoms with van der Waals surface area (Å²) < 4.78 is 0. The molecule has 0 atom stereocenters. The predicted molar refractivity (Wildman–Crippen MR) is 79.0 cm³/mol. The van der Waals surface area contributed by atoms with Crippen molar-refractivity contribution < 1.29 is 17.3 Å². The van der Waals surface area contributed by atoms with E-state index in [-0.39, 0.29) is 18.1 Å². The summed E-state index contributed by atoms with van der Waals surface area (Å²) >= 11 is 1.55. The molecule has 0 saturated carbocycles. The van der Waals surface area contributed by atoms with Gasteiger partial charge in [0, 0.05) is 33.5 Å². The molecule has 0 unspecified atom stereocenters. The normalized spacial score (nSPS) is 10.1. The molecule has 3 aromatic rings. The molecule has 6 heteroatoms. The number of hydrogen-bond donors (Lipinski definition) is 0. The zero-order valence-electron chi connectivity index (χ0n) is 10.8. The van der Waals surface area contributed by atoms with Crippen LogP contribution in [-0.4, -0.2) is 9.91 Å². The van der Waals surface area contributed by atoms with Crippen molar-refractivity contribution in [1.29, 1.82) is 0 Å². The van der Waals surface area contributed by atoms with Crippen LogP contribution in [0, 0.1) is 10.1 Å². The summed E-state index contributed by atoms with van der Waals surface area (Å²) in [6.07, 6.45) is 1.77. The van der Waals surface area contributed by atoms with Gasteiger partial charge in [0.2, 0.25) is 0 Å². The SMILES string of the molecule is O=[N+]([O-])c1ccc(Sc2cccc3cccnc23)cc1.[Cl-]. The van der Waals surface area contributed by atoms with E-state index in [0.29, 0.717) is 0 Å². The van der Waals surface area contributed by atoms with Crippen LogP contribution in [0.1, 0.15) is 0 Å². The molecule has 106 valence electrons. The number of non-ortho nitro benzene ring substituents is 1. The van der Waals surface area contributed by atoms with Crippen molar-refractivity contribution in [2.75, 3.05) is 0 Å². The minimum absolute atomic E-state index is 0. The van der Waals surface area contributed by atoms with Gasteiger partial charge in [-0.15, -0.1) is 0 Å². The van der Waals surface area contributed by atoms with Gasteiger partial charge in [0.25, 0.3) is 5.69 Å². The highest BCUT2D eigenvalue weighted by Crippen LogP contribution is 2.33. The Morgan fingerprint density at radius 2 is 1.71 bits per heavy atom. The number of nitro benzene ring substituents is 1. The highest BCUT2D eigenvalue weighted by Gasteiger charge is 2.07. The van der Waals surface area contributed by atoms with Crippen molar-refractivity contribution >= 4 is 28.4 Å². The first-order valence-electron chi connectivity index (χ1n) is 6.00.